The molecular formula is C30H32NOP. The SMILES string of the molecule is CC(C)(C)c1ccccc1NC(CP(=O)(c1ccccc1)c1ccccc1)c1ccccc1. The molecule has 0 fully saturated rings. The van der Waals surface area contributed by atoms with E-state index in [1.165, 1.54) is 5.56 Å². The van der Waals surface area contributed by atoms with Crippen molar-refractivity contribution in [2.45, 2.75) is 32.2 Å². The highest BCUT2D eigenvalue weighted by Gasteiger charge is 2.32. The van der Waals surface area contributed by atoms with E-state index in [4.69, 9.17) is 0 Å². The van der Waals surface area contributed by atoms with Gasteiger partial charge in [-0.3, -0.25) is 0 Å². The van der Waals surface area contributed by atoms with Gasteiger partial charge in [-0.15, -0.1) is 0 Å². The summed E-state index contributed by atoms with van der Waals surface area (Å²) in [6, 6.07) is 38.6. The predicted octanol–water partition coefficient (Wildman–Crippen LogP) is 7.15. The molecule has 4 aromatic rings. The monoisotopic (exact) mass is 453 g/mol. The first-order chi connectivity index (χ1) is 15.9. The van der Waals surface area contributed by atoms with Gasteiger partial charge in [0.15, 0.2) is 0 Å². The van der Waals surface area contributed by atoms with Crippen molar-refractivity contribution in [2.75, 3.05) is 11.5 Å². The second-order valence-electron chi connectivity index (χ2n) is 9.50. The number of rotatable bonds is 7. The number of nitrogens with one attached hydrogen (secondary N) is 1. The molecule has 0 amide bonds. The minimum absolute atomic E-state index is 0.00656. The lowest BCUT2D eigenvalue weighted by Gasteiger charge is -2.30. The molecule has 0 aliphatic heterocycles. The fraction of sp³-hybridized carbons (Fsp3) is 0.200. The standard InChI is InChI=1S/C30H32NOP/c1-30(2,3)27-21-13-14-22-28(27)31-29(24-15-7-4-8-16-24)23-33(32,25-17-9-5-10-18-25)26-19-11-6-12-20-26/h4-22,29,31H,23H2,1-3H3. The Morgan fingerprint density at radius 2 is 1.12 bits per heavy atom. The highest BCUT2D eigenvalue weighted by molar-refractivity contribution is 7.78. The van der Waals surface area contributed by atoms with Gasteiger partial charge in [0.05, 0.1) is 6.04 Å². The zero-order valence-electron chi connectivity index (χ0n) is 19.6. The van der Waals surface area contributed by atoms with Gasteiger partial charge in [-0.05, 0) is 22.6 Å². The molecule has 0 heterocycles. The Morgan fingerprint density at radius 3 is 1.64 bits per heavy atom. The molecule has 3 heteroatoms. The number of hydrogen-bond donors (Lipinski definition) is 1. The lowest BCUT2D eigenvalue weighted by molar-refractivity contribution is 0.583. The van der Waals surface area contributed by atoms with Crippen molar-refractivity contribution in [1.29, 1.82) is 0 Å². The number of benzene rings is 4. The summed E-state index contributed by atoms with van der Waals surface area (Å²) < 4.78 is 14.8. The van der Waals surface area contributed by atoms with Gasteiger partial charge < -0.3 is 9.88 Å². The summed E-state index contributed by atoms with van der Waals surface area (Å²) in [6.07, 6.45) is 0.490. The molecule has 0 spiro atoms. The molecule has 33 heavy (non-hydrogen) atoms. The summed E-state index contributed by atoms with van der Waals surface area (Å²) in [5.74, 6) is 0. The van der Waals surface area contributed by atoms with Crippen LogP contribution in [0, 0.1) is 0 Å². The molecule has 0 aliphatic carbocycles. The minimum Gasteiger partial charge on any atom is -0.378 e. The van der Waals surface area contributed by atoms with E-state index >= 15 is 0 Å². The van der Waals surface area contributed by atoms with E-state index in [9.17, 15) is 4.57 Å². The summed E-state index contributed by atoms with van der Waals surface area (Å²) in [4.78, 5) is 0. The molecule has 1 N–H and O–H groups in total. The van der Waals surface area contributed by atoms with Crippen molar-refractivity contribution >= 4 is 23.4 Å². The van der Waals surface area contributed by atoms with Crippen molar-refractivity contribution < 1.29 is 4.57 Å². The van der Waals surface area contributed by atoms with Gasteiger partial charge >= 0.3 is 0 Å². The molecule has 168 valence electrons. The quantitative estimate of drug-likeness (QED) is 0.301. The van der Waals surface area contributed by atoms with Crippen molar-refractivity contribution in [3.63, 3.8) is 0 Å². The van der Waals surface area contributed by atoms with E-state index in [0.29, 0.717) is 6.16 Å². The van der Waals surface area contributed by atoms with Gasteiger partial charge in [0.2, 0.25) is 0 Å². The maximum atomic E-state index is 14.8. The summed E-state index contributed by atoms with van der Waals surface area (Å²) in [6.45, 7) is 6.68. The van der Waals surface area contributed by atoms with Crippen LogP contribution in [0.5, 0.6) is 0 Å². The number of hydrogen-bond acceptors (Lipinski definition) is 2. The Bertz CT molecular complexity index is 1170. The van der Waals surface area contributed by atoms with Crippen LogP contribution in [-0.2, 0) is 9.98 Å². The molecule has 2 nitrogen and oxygen atoms in total. The Balaban J connectivity index is 1.81. The molecule has 0 aromatic heterocycles. The third kappa shape index (κ3) is 5.29. The van der Waals surface area contributed by atoms with Crippen molar-refractivity contribution in [2.24, 2.45) is 0 Å². The van der Waals surface area contributed by atoms with Gasteiger partial charge in [0.1, 0.15) is 7.14 Å². The molecule has 0 radical (unpaired) electrons. The molecule has 0 aliphatic rings. The molecule has 0 saturated heterocycles. The fourth-order valence-electron chi connectivity index (χ4n) is 4.33. The molecule has 1 unspecified atom stereocenters. The topological polar surface area (TPSA) is 29.1 Å². The zero-order valence-corrected chi connectivity index (χ0v) is 20.5. The first-order valence-electron chi connectivity index (χ1n) is 11.5. The molecule has 0 saturated carbocycles. The molecular weight excluding hydrogens is 421 g/mol. The molecule has 1 atom stereocenters. The Kier molecular flexibility index (Phi) is 6.86. The van der Waals surface area contributed by atoms with E-state index in [1.54, 1.807) is 0 Å². The molecule has 4 rings (SSSR count). The summed E-state index contributed by atoms with van der Waals surface area (Å²) in [7, 11) is -2.90. The van der Waals surface area contributed by atoms with Gasteiger partial charge in [-0.1, -0.05) is 130 Å². The fourth-order valence-corrected chi connectivity index (χ4v) is 7.17. The van der Waals surface area contributed by atoms with Crippen LogP contribution >= 0.6 is 7.14 Å². The van der Waals surface area contributed by atoms with Crippen LogP contribution in [-0.4, -0.2) is 6.16 Å². The summed E-state index contributed by atoms with van der Waals surface area (Å²) in [5.41, 5.74) is 3.47. The smallest absolute Gasteiger partial charge is 0.145 e. The largest absolute Gasteiger partial charge is 0.378 e. The molecule has 0 bridgehead atoms. The van der Waals surface area contributed by atoms with E-state index in [1.807, 2.05) is 66.7 Å². The lowest BCUT2D eigenvalue weighted by atomic mass is 9.85. The third-order valence-corrected chi connectivity index (χ3v) is 9.20. The Labute approximate surface area is 198 Å². The maximum absolute atomic E-state index is 14.8. The van der Waals surface area contributed by atoms with Crippen LogP contribution in [0.15, 0.2) is 115 Å². The second kappa shape index (κ2) is 9.81. The Morgan fingerprint density at radius 1 is 0.667 bits per heavy atom. The second-order valence-corrected chi connectivity index (χ2v) is 12.4. The van der Waals surface area contributed by atoms with Crippen LogP contribution in [0.25, 0.3) is 0 Å². The average Bonchev–Trinajstić information content (AvgIpc) is 2.85. The van der Waals surface area contributed by atoms with E-state index in [2.05, 4.69) is 74.6 Å². The zero-order chi connectivity index (χ0) is 23.3. The lowest BCUT2D eigenvalue weighted by Crippen LogP contribution is -2.26. The number of anilines is 1. The normalized spacial score (nSPS) is 12.8. The van der Waals surface area contributed by atoms with E-state index < -0.39 is 7.14 Å². The first kappa shape index (κ1) is 23.1. The summed E-state index contributed by atoms with van der Waals surface area (Å²) in [5, 5.41) is 5.58. The van der Waals surface area contributed by atoms with E-state index in [-0.39, 0.29) is 11.5 Å². The van der Waals surface area contributed by atoms with Crippen molar-refractivity contribution in [3.05, 3.63) is 126 Å². The van der Waals surface area contributed by atoms with Gasteiger partial charge in [0, 0.05) is 22.5 Å². The van der Waals surface area contributed by atoms with Crippen LogP contribution in [0.1, 0.15) is 37.9 Å². The number of para-hydroxylation sites is 1. The van der Waals surface area contributed by atoms with Crippen LogP contribution in [0.4, 0.5) is 5.69 Å². The average molecular weight is 454 g/mol. The van der Waals surface area contributed by atoms with E-state index in [0.717, 1.165) is 21.9 Å². The van der Waals surface area contributed by atoms with Gasteiger partial charge in [0.25, 0.3) is 0 Å². The Hall–Kier alpha value is -3.09. The van der Waals surface area contributed by atoms with Gasteiger partial charge in [-0.25, -0.2) is 0 Å². The highest BCUT2D eigenvalue weighted by atomic mass is 31.2. The molecule has 4 aromatic carbocycles. The third-order valence-electron chi connectivity index (χ3n) is 6.05. The van der Waals surface area contributed by atoms with Crippen molar-refractivity contribution in [3.8, 4) is 0 Å². The maximum Gasteiger partial charge on any atom is 0.145 e. The van der Waals surface area contributed by atoms with Crippen LogP contribution < -0.4 is 15.9 Å². The van der Waals surface area contributed by atoms with Crippen LogP contribution in [0.2, 0.25) is 0 Å². The minimum atomic E-state index is -2.90. The highest BCUT2D eigenvalue weighted by Crippen LogP contribution is 2.47. The van der Waals surface area contributed by atoms with Crippen molar-refractivity contribution in [1.82, 2.24) is 0 Å². The first-order valence-corrected chi connectivity index (χ1v) is 13.4. The predicted molar refractivity (Wildman–Crippen MR) is 143 cm³/mol. The summed E-state index contributed by atoms with van der Waals surface area (Å²) >= 11 is 0. The van der Waals surface area contributed by atoms with Crippen LogP contribution in [0.3, 0.4) is 0 Å². The van der Waals surface area contributed by atoms with Gasteiger partial charge in [-0.2, -0.15) is 0 Å².